The number of rotatable bonds is 39. The number of benzene rings is 2. The van der Waals surface area contributed by atoms with Gasteiger partial charge in [-0.05, 0) is 49.7 Å². The summed E-state index contributed by atoms with van der Waals surface area (Å²) in [6, 6.07) is 20.8. The molecule has 82 heavy (non-hydrogen) atoms. The first kappa shape index (κ1) is 79.2. The molecule has 0 spiro atoms. The van der Waals surface area contributed by atoms with Crippen LogP contribution in [0.3, 0.4) is 0 Å². The van der Waals surface area contributed by atoms with Crippen molar-refractivity contribution in [1.29, 1.82) is 0 Å². The molecule has 0 aliphatic carbocycles. The van der Waals surface area contributed by atoms with Crippen LogP contribution in [0.15, 0.2) is 60.7 Å². The fourth-order valence-corrected chi connectivity index (χ4v) is 15.0. The molecule has 0 aromatic heterocycles. The molecule has 0 aliphatic heterocycles. The van der Waals surface area contributed by atoms with Gasteiger partial charge in [-0.15, -0.1) is 0 Å². The summed E-state index contributed by atoms with van der Waals surface area (Å²) in [4.78, 5) is -38.8. The van der Waals surface area contributed by atoms with E-state index >= 15 is 105 Å². The molecule has 0 bridgehead atoms. The Hall–Kier alpha value is -2.82. The van der Waals surface area contributed by atoms with Crippen molar-refractivity contribution in [3.8, 4) is 11.1 Å². The minimum atomic E-state index is -13.7. The van der Waals surface area contributed by atoms with Crippen LogP contribution in [0.1, 0.15) is 189 Å². The second kappa shape index (κ2) is 33.3. The zero-order chi connectivity index (χ0) is 63.8. The summed E-state index contributed by atoms with van der Waals surface area (Å²) in [6.07, 6.45) is -17.9. The first-order valence-corrected chi connectivity index (χ1v) is 30.1. The van der Waals surface area contributed by atoms with E-state index < -0.39 is 157 Å². The highest BCUT2D eigenvalue weighted by molar-refractivity contribution is 6.89. The lowest BCUT2D eigenvalue weighted by Crippen LogP contribution is -2.96. The molecule has 0 atom stereocenters. The quantitative estimate of drug-likeness (QED) is 0.0297. The molecular weight excluding hydrogens is 1180 g/mol. The van der Waals surface area contributed by atoms with E-state index in [0.29, 0.717) is 0 Å². The van der Waals surface area contributed by atoms with Gasteiger partial charge in [-0.3, -0.25) is 35.1 Å². The molecule has 0 heterocycles. The van der Waals surface area contributed by atoms with Gasteiger partial charge in [0.25, 0.3) is 0 Å². The molecule has 0 saturated heterocycles. The zero-order valence-corrected chi connectivity index (χ0v) is 47.9. The largest absolute Gasteiger partial charge is 0.540 e. The average molecular weight is 1260 g/mol. The van der Waals surface area contributed by atoms with Crippen molar-refractivity contribution in [3.05, 3.63) is 60.7 Å². The minimum absolute atomic E-state index is 0.0363. The molecule has 0 amide bonds. The van der Waals surface area contributed by atoms with Crippen molar-refractivity contribution in [1.82, 2.24) is 0 Å². The highest BCUT2D eigenvalue weighted by atomic mass is 27.3. The summed E-state index contributed by atoms with van der Waals surface area (Å²) in [6.45, 7) is 7.96. The van der Waals surface area contributed by atoms with Crippen molar-refractivity contribution >= 4 is 13.1 Å². The van der Waals surface area contributed by atoms with E-state index in [-0.39, 0.29) is 58.2 Å². The van der Waals surface area contributed by atoms with Gasteiger partial charge in [0.2, 0.25) is 6.80 Å². The van der Waals surface area contributed by atoms with Gasteiger partial charge in [-0.1, -0.05) is 185 Å². The molecule has 0 fully saturated rings. The van der Waals surface area contributed by atoms with Crippen LogP contribution in [0.25, 0.3) is 11.1 Å². The molecule has 0 saturated carbocycles. The predicted octanol–water partition coefficient (Wildman–Crippen LogP) is 21.5. The third kappa shape index (κ3) is 17.7. The maximum atomic E-state index is 16.6. The van der Waals surface area contributed by atoms with Gasteiger partial charge in [0.15, 0.2) is 19.1 Å². The Bertz CT molecular complexity index is 1780. The Morgan fingerprint density at radius 3 is 0.695 bits per heavy atom. The number of hydrogen-bond acceptors (Lipinski definition) is 0. The van der Waals surface area contributed by atoms with Crippen LogP contribution in [-0.2, 0) is 0 Å². The molecule has 2 aromatic carbocycles. The summed E-state index contributed by atoms with van der Waals surface area (Å²) in [5.74, 6) is -63.9. The summed E-state index contributed by atoms with van der Waals surface area (Å²) >= 11 is -13.7. The van der Waals surface area contributed by atoms with Crippen LogP contribution in [0.4, 0.5) is 110 Å². The summed E-state index contributed by atoms with van der Waals surface area (Å²) in [5, 5.41) is 1.70. The van der Waals surface area contributed by atoms with Crippen LogP contribution in [0, 0.1) is 0 Å². The van der Waals surface area contributed by atoms with Crippen LogP contribution in [0.2, 0.25) is 0 Å². The second-order valence-electron chi connectivity index (χ2n) is 20.7. The number of quaternary nitrogens is 1. The summed E-state index contributed by atoms with van der Waals surface area (Å²) in [5.41, 5.74) is 2.55. The molecule has 27 heteroatoms. The fraction of sp³-hybridized carbons (Fsp3) is 0.782. The zero-order valence-electron chi connectivity index (χ0n) is 46.8. The van der Waals surface area contributed by atoms with E-state index in [1.807, 2.05) is 12.1 Å². The number of hydrogen-bond donors (Lipinski definition) is 1. The van der Waals surface area contributed by atoms with Crippen LogP contribution in [0.5, 0.6) is 0 Å². The van der Waals surface area contributed by atoms with E-state index in [9.17, 15) is 4.39 Å². The van der Waals surface area contributed by atoms with Crippen LogP contribution < -0.4 is 5.32 Å². The number of halogens is 25. The predicted molar refractivity (Wildman–Crippen MR) is 269 cm³/mol. The van der Waals surface area contributed by atoms with Gasteiger partial charge in [0.05, 0.1) is 6.54 Å². The molecule has 2 N–H and O–H groups in total. The Morgan fingerprint density at radius 1 is 0.293 bits per heavy atom. The van der Waals surface area contributed by atoms with Crippen molar-refractivity contribution in [2.75, 3.05) is 13.3 Å². The van der Waals surface area contributed by atoms with Gasteiger partial charge in [-0.2, -0.15) is 74.6 Å². The van der Waals surface area contributed by atoms with Gasteiger partial charge < -0.3 is 5.32 Å². The lowest BCUT2D eigenvalue weighted by atomic mass is 10.0. The Kier molecular flexibility index (Phi) is 32.2. The second-order valence-corrected chi connectivity index (χ2v) is 25.4. The number of nitrogens with two attached hydrogens (primary N) is 1. The third-order valence-electron chi connectivity index (χ3n) is 14.3. The van der Waals surface area contributed by atoms with Gasteiger partial charge >= 0.3 is 60.5 Å². The van der Waals surface area contributed by atoms with Gasteiger partial charge in [0.1, 0.15) is 0 Å². The molecule has 2 aromatic rings. The van der Waals surface area contributed by atoms with Crippen LogP contribution >= 0.6 is 0 Å². The number of unbranched alkanes of at least 4 members (excludes halogenated alkanes) is 15. The topological polar surface area (TPSA) is 16.6 Å². The summed E-state index contributed by atoms with van der Waals surface area (Å²) in [7, 11) is 0. The molecule has 0 aliphatic rings. The van der Waals surface area contributed by atoms with Crippen molar-refractivity contribution in [2.24, 2.45) is 0 Å². The maximum Gasteiger partial charge on any atom is 0.540 e. The lowest BCUT2D eigenvalue weighted by Gasteiger charge is -2.61. The van der Waals surface area contributed by atoms with E-state index in [1.165, 1.54) is 58.1 Å². The van der Waals surface area contributed by atoms with Crippen molar-refractivity contribution < 1.29 is 115 Å². The Morgan fingerprint density at radius 2 is 0.500 bits per heavy atom. The Labute approximate surface area is 467 Å². The average Bonchev–Trinajstić information content (AvgIpc) is 1.60. The van der Waals surface area contributed by atoms with Crippen LogP contribution in [-0.4, -0.2) is 92.9 Å². The minimum Gasteiger partial charge on any atom is -0.320 e. The summed E-state index contributed by atoms with van der Waals surface area (Å²) < 4.78 is 391. The third-order valence-corrected chi connectivity index (χ3v) is 20.1. The van der Waals surface area contributed by atoms with E-state index in [0.717, 1.165) is 13.0 Å². The highest BCUT2D eigenvalue weighted by Gasteiger charge is 3.07. The Balaban J connectivity index is 0.00000255. The fourth-order valence-electron chi connectivity index (χ4n) is 9.21. The van der Waals surface area contributed by atoms with Gasteiger partial charge in [0, 0.05) is 25.7 Å². The first-order valence-electron chi connectivity index (χ1n) is 27.8. The standard InChI is InChI=1S/C12H10.4C9H13F6.C7H16FN.Al/c1-3-7-11(8-4-1)12-9-5-2-6-10-12;4*1-2-3-4-5-6-8(12,13)9(14,15)7(10)11;1-2-3-4-5-6-9-7-8;/h1-10H;4*2-6H2,1H3;9H,2-7H2,1H3;/q;;;;;;-1/p+1. The maximum absolute atomic E-state index is 16.6. The number of alkyl halides is 25. The highest BCUT2D eigenvalue weighted by Crippen LogP contribution is 2.73. The lowest BCUT2D eigenvalue weighted by molar-refractivity contribution is -0.674. The SMILES string of the molecule is CCCCCCC(F)(F)C(F)(F)[C](F)(F)[Al-]([C](F)(F)C(F)(F)C(F)(F)CCCCCC)([C](F)(F)C(F)(F)C(F)(F)CCCCCC)[C](F)(F)C(F)(F)C(F)(F)CCCCCC.CCCCCC[NH2+]CF.c1ccc(-c2ccccc2)cc1. The monoisotopic (exact) mass is 1260 g/mol. The normalized spacial score (nSPS) is 14.1. The van der Waals surface area contributed by atoms with Gasteiger partial charge in [-0.25, -0.2) is 0 Å². The molecule has 0 unspecified atom stereocenters. The van der Waals surface area contributed by atoms with E-state index in [1.54, 1.807) is 5.32 Å². The smallest absolute Gasteiger partial charge is 0.320 e. The molecular formula is C55H79AlF25N. The van der Waals surface area contributed by atoms with Crippen molar-refractivity contribution in [2.45, 2.75) is 255 Å². The molecule has 0 radical (unpaired) electrons. The van der Waals surface area contributed by atoms with Crippen molar-refractivity contribution in [3.63, 3.8) is 0 Å². The van der Waals surface area contributed by atoms with E-state index in [4.69, 9.17) is 0 Å². The first-order chi connectivity index (χ1) is 37.6. The molecule has 1 nitrogen and oxygen atoms in total. The molecule has 482 valence electrons. The molecule has 2 rings (SSSR count). The van der Waals surface area contributed by atoms with E-state index in [2.05, 4.69) is 55.5 Å².